The van der Waals surface area contributed by atoms with E-state index in [9.17, 15) is 9.90 Å². The summed E-state index contributed by atoms with van der Waals surface area (Å²) in [7, 11) is 3.03. The molecule has 0 aliphatic carbocycles. The van der Waals surface area contributed by atoms with Gasteiger partial charge in [0.25, 0.3) is 5.91 Å². The standard InChI is InChI=1S/C24H30N4O4/c1-5-13-27(14-6-2)16-28-19-10-8-7-9-18(19)22(24(28)30)25-26-23(29)17-11-12-20(31-3)21(15-17)32-4/h7-12,15,30H,5-6,13-14,16H2,1-4H3. The van der Waals surface area contributed by atoms with Crippen molar-refractivity contribution in [1.82, 2.24) is 9.47 Å². The van der Waals surface area contributed by atoms with E-state index in [0.29, 0.717) is 23.7 Å². The maximum absolute atomic E-state index is 12.6. The van der Waals surface area contributed by atoms with E-state index in [0.717, 1.165) is 36.8 Å². The van der Waals surface area contributed by atoms with Gasteiger partial charge in [-0.15, -0.1) is 10.2 Å². The molecule has 0 atom stereocenters. The van der Waals surface area contributed by atoms with Crippen LogP contribution in [-0.2, 0) is 6.67 Å². The number of fused-ring (bicyclic) bond motifs is 1. The number of para-hydroxylation sites is 1. The monoisotopic (exact) mass is 438 g/mol. The van der Waals surface area contributed by atoms with E-state index < -0.39 is 5.91 Å². The number of aromatic hydroxyl groups is 1. The van der Waals surface area contributed by atoms with Crippen LogP contribution in [0.4, 0.5) is 5.69 Å². The van der Waals surface area contributed by atoms with E-state index in [2.05, 4.69) is 29.0 Å². The summed E-state index contributed by atoms with van der Waals surface area (Å²) in [5.41, 5.74) is 1.43. The van der Waals surface area contributed by atoms with Gasteiger partial charge in [0.1, 0.15) is 0 Å². The second kappa shape index (κ2) is 10.8. The second-order valence-electron chi connectivity index (χ2n) is 7.45. The quantitative estimate of drug-likeness (QED) is 0.430. The van der Waals surface area contributed by atoms with Crippen LogP contribution in [0.15, 0.2) is 52.7 Å². The first-order valence-corrected chi connectivity index (χ1v) is 10.7. The molecule has 8 heteroatoms. The number of carbonyl (C=O) groups is 1. The summed E-state index contributed by atoms with van der Waals surface area (Å²) < 4.78 is 12.3. The summed E-state index contributed by atoms with van der Waals surface area (Å²) in [5.74, 6) is 0.401. The number of ether oxygens (including phenoxy) is 2. The number of benzene rings is 2. The molecule has 3 rings (SSSR count). The van der Waals surface area contributed by atoms with Crippen molar-refractivity contribution in [1.29, 1.82) is 0 Å². The highest BCUT2D eigenvalue weighted by atomic mass is 16.5. The van der Waals surface area contributed by atoms with Gasteiger partial charge in [0.15, 0.2) is 17.2 Å². The van der Waals surface area contributed by atoms with Crippen molar-refractivity contribution in [2.45, 2.75) is 33.4 Å². The van der Waals surface area contributed by atoms with Gasteiger partial charge in [0.05, 0.1) is 26.4 Å². The van der Waals surface area contributed by atoms with Gasteiger partial charge in [0, 0.05) is 10.9 Å². The first-order chi connectivity index (χ1) is 15.5. The highest BCUT2D eigenvalue weighted by Gasteiger charge is 2.19. The Labute approximate surface area is 188 Å². The molecule has 1 N–H and O–H groups in total. The molecule has 1 heterocycles. The van der Waals surface area contributed by atoms with Crippen LogP contribution in [0, 0.1) is 0 Å². The predicted octanol–water partition coefficient (Wildman–Crippen LogP) is 5.37. The number of nitrogens with zero attached hydrogens (tertiary/aromatic N) is 4. The molecule has 1 amide bonds. The lowest BCUT2D eigenvalue weighted by Crippen LogP contribution is -2.27. The minimum atomic E-state index is -0.541. The molecular formula is C24H30N4O4. The zero-order valence-electron chi connectivity index (χ0n) is 19.0. The average molecular weight is 439 g/mol. The Kier molecular flexibility index (Phi) is 7.83. The fourth-order valence-electron chi connectivity index (χ4n) is 3.72. The molecule has 170 valence electrons. The van der Waals surface area contributed by atoms with Crippen LogP contribution < -0.4 is 9.47 Å². The fourth-order valence-corrected chi connectivity index (χ4v) is 3.72. The lowest BCUT2D eigenvalue weighted by atomic mass is 10.2. The third-order valence-corrected chi connectivity index (χ3v) is 5.21. The topological polar surface area (TPSA) is 88.7 Å². The van der Waals surface area contributed by atoms with Crippen molar-refractivity contribution >= 4 is 22.5 Å². The minimum Gasteiger partial charge on any atom is -0.493 e. The Hall–Kier alpha value is -3.39. The van der Waals surface area contributed by atoms with Gasteiger partial charge in [-0.3, -0.25) is 14.3 Å². The van der Waals surface area contributed by atoms with Crippen molar-refractivity contribution in [3.8, 4) is 17.4 Å². The number of methoxy groups -OCH3 is 2. The molecule has 0 spiro atoms. The first kappa shape index (κ1) is 23.3. The van der Waals surface area contributed by atoms with Gasteiger partial charge < -0.3 is 14.6 Å². The van der Waals surface area contributed by atoms with E-state index in [4.69, 9.17) is 9.47 Å². The zero-order valence-corrected chi connectivity index (χ0v) is 19.0. The lowest BCUT2D eigenvalue weighted by Gasteiger charge is -2.22. The van der Waals surface area contributed by atoms with Crippen molar-refractivity contribution in [3.63, 3.8) is 0 Å². The van der Waals surface area contributed by atoms with Crippen molar-refractivity contribution in [3.05, 3.63) is 48.0 Å². The van der Waals surface area contributed by atoms with Gasteiger partial charge in [-0.05, 0) is 50.2 Å². The SMILES string of the molecule is CCCN(CCC)Cn1c(O)c(N=NC(=O)c2ccc(OC)c(OC)c2)c2ccccc21. The molecular weight excluding hydrogens is 408 g/mol. The number of rotatable bonds is 10. The van der Waals surface area contributed by atoms with E-state index in [1.807, 2.05) is 28.8 Å². The van der Waals surface area contributed by atoms with Gasteiger partial charge >= 0.3 is 0 Å². The van der Waals surface area contributed by atoms with Crippen LogP contribution in [-0.4, -0.2) is 47.8 Å². The van der Waals surface area contributed by atoms with Gasteiger partial charge in [-0.2, -0.15) is 0 Å². The molecule has 0 aliphatic rings. The third kappa shape index (κ3) is 4.91. The Bertz CT molecular complexity index is 1100. The van der Waals surface area contributed by atoms with Crippen LogP contribution in [0.2, 0.25) is 0 Å². The van der Waals surface area contributed by atoms with E-state index in [1.165, 1.54) is 14.2 Å². The average Bonchev–Trinajstić information content (AvgIpc) is 3.08. The zero-order chi connectivity index (χ0) is 23.1. The van der Waals surface area contributed by atoms with Gasteiger partial charge in [-0.1, -0.05) is 32.0 Å². The normalized spacial score (nSPS) is 11.5. The molecule has 2 aromatic carbocycles. The molecule has 8 nitrogen and oxygen atoms in total. The Morgan fingerprint density at radius 2 is 1.72 bits per heavy atom. The predicted molar refractivity (Wildman–Crippen MR) is 124 cm³/mol. The summed E-state index contributed by atoms with van der Waals surface area (Å²) in [6, 6.07) is 12.4. The molecule has 0 fully saturated rings. The van der Waals surface area contributed by atoms with Crippen LogP contribution in [0.25, 0.3) is 10.9 Å². The molecule has 0 saturated carbocycles. The highest BCUT2D eigenvalue weighted by Crippen LogP contribution is 2.39. The molecule has 0 unspecified atom stereocenters. The highest BCUT2D eigenvalue weighted by molar-refractivity contribution is 5.97. The van der Waals surface area contributed by atoms with Crippen LogP contribution >= 0.6 is 0 Å². The maximum atomic E-state index is 12.6. The minimum absolute atomic E-state index is 0.00716. The largest absolute Gasteiger partial charge is 0.493 e. The summed E-state index contributed by atoms with van der Waals surface area (Å²) in [5, 5.41) is 19.7. The van der Waals surface area contributed by atoms with Crippen LogP contribution in [0.5, 0.6) is 17.4 Å². The molecule has 0 saturated heterocycles. The van der Waals surface area contributed by atoms with E-state index in [-0.39, 0.29) is 11.6 Å². The molecule has 1 aromatic heterocycles. The van der Waals surface area contributed by atoms with Crippen molar-refractivity contribution < 1.29 is 19.4 Å². The van der Waals surface area contributed by atoms with Crippen LogP contribution in [0.1, 0.15) is 37.0 Å². The molecule has 32 heavy (non-hydrogen) atoms. The number of hydrogen-bond acceptors (Lipinski definition) is 6. The summed E-state index contributed by atoms with van der Waals surface area (Å²) in [6.07, 6.45) is 2.04. The number of azo groups is 1. The molecule has 0 bridgehead atoms. The van der Waals surface area contributed by atoms with Gasteiger partial charge in [-0.25, -0.2) is 0 Å². The fraction of sp³-hybridized carbons (Fsp3) is 0.375. The molecule has 3 aromatic rings. The molecule has 0 aliphatic heterocycles. The Balaban J connectivity index is 1.94. The summed E-state index contributed by atoms with van der Waals surface area (Å²) in [6.45, 7) is 6.65. The smallest absolute Gasteiger partial charge is 0.295 e. The van der Waals surface area contributed by atoms with E-state index in [1.54, 1.807) is 18.2 Å². The Morgan fingerprint density at radius 1 is 1.03 bits per heavy atom. The summed E-state index contributed by atoms with van der Waals surface area (Å²) >= 11 is 0. The summed E-state index contributed by atoms with van der Waals surface area (Å²) in [4.78, 5) is 14.9. The number of aromatic nitrogens is 1. The third-order valence-electron chi connectivity index (χ3n) is 5.21. The number of carbonyl (C=O) groups excluding carboxylic acids is 1. The number of amides is 1. The second-order valence-corrected chi connectivity index (χ2v) is 7.45. The van der Waals surface area contributed by atoms with E-state index >= 15 is 0 Å². The van der Waals surface area contributed by atoms with Gasteiger partial charge in [0.2, 0.25) is 5.88 Å². The first-order valence-electron chi connectivity index (χ1n) is 10.7. The molecule has 0 radical (unpaired) electrons. The maximum Gasteiger partial charge on any atom is 0.295 e. The van der Waals surface area contributed by atoms with Crippen LogP contribution in [0.3, 0.4) is 0 Å². The Morgan fingerprint density at radius 3 is 2.38 bits per heavy atom. The number of hydrogen-bond donors (Lipinski definition) is 1. The van der Waals surface area contributed by atoms with Crippen molar-refractivity contribution in [2.75, 3.05) is 27.3 Å². The lowest BCUT2D eigenvalue weighted by molar-refractivity contribution is 0.0994. The van der Waals surface area contributed by atoms with Crippen molar-refractivity contribution in [2.24, 2.45) is 10.2 Å².